The Morgan fingerprint density at radius 2 is 1.76 bits per heavy atom. The van der Waals surface area contributed by atoms with E-state index in [1.54, 1.807) is 36.4 Å². The van der Waals surface area contributed by atoms with Crippen molar-refractivity contribution in [1.29, 1.82) is 0 Å². The highest BCUT2D eigenvalue weighted by molar-refractivity contribution is 7.91. The third-order valence-electron chi connectivity index (χ3n) is 8.45. The van der Waals surface area contributed by atoms with Gasteiger partial charge in [0.25, 0.3) is 11.1 Å². The van der Waals surface area contributed by atoms with Crippen LogP contribution >= 0.6 is 34.5 Å². The van der Waals surface area contributed by atoms with E-state index in [9.17, 15) is 13.2 Å². The molecule has 45 heavy (non-hydrogen) atoms. The monoisotopic (exact) mass is 691 g/mol. The van der Waals surface area contributed by atoms with Gasteiger partial charge in [0.1, 0.15) is 29.8 Å². The quantitative estimate of drug-likeness (QED) is 0.227. The summed E-state index contributed by atoms with van der Waals surface area (Å²) in [6, 6.07) is 10.2. The highest BCUT2D eigenvalue weighted by atomic mass is 35.5. The van der Waals surface area contributed by atoms with Crippen molar-refractivity contribution < 1.29 is 36.7 Å². The van der Waals surface area contributed by atoms with Crippen molar-refractivity contribution in [2.24, 2.45) is 0 Å². The number of benzene rings is 2. The molecule has 2 saturated heterocycles. The van der Waals surface area contributed by atoms with Crippen LogP contribution in [0.3, 0.4) is 0 Å². The molecule has 1 N–H and O–H groups in total. The van der Waals surface area contributed by atoms with Crippen molar-refractivity contribution >= 4 is 60.7 Å². The minimum Gasteiger partial charge on any atom is -0.461 e. The second-order valence-electron chi connectivity index (χ2n) is 11.7. The van der Waals surface area contributed by atoms with Gasteiger partial charge in [0.2, 0.25) is 10.0 Å². The molecule has 2 aromatic carbocycles. The maximum Gasteiger partial charge on any atom is 0.274 e. The van der Waals surface area contributed by atoms with Crippen molar-refractivity contribution in [1.82, 2.24) is 14.9 Å². The molecule has 2 saturated carbocycles. The minimum absolute atomic E-state index is 0.230. The molecule has 4 heterocycles. The Morgan fingerprint density at radius 1 is 1.02 bits per heavy atom. The van der Waals surface area contributed by atoms with E-state index in [2.05, 4.69) is 14.9 Å². The summed E-state index contributed by atoms with van der Waals surface area (Å²) in [5.41, 5.74) is 2.90. The van der Waals surface area contributed by atoms with Crippen LogP contribution < -0.4 is 9.46 Å². The van der Waals surface area contributed by atoms with Crippen LogP contribution in [0.15, 0.2) is 40.9 Å². The molecule has 0 unspecified atom stereocenters. The molecular weight excluding hydrogens is 665 g/mol. The molecule has 15 heteroatoms. The smallest absolute Gasteiger partial charge is 0.274 e. The number of halogens is 2. The Hall–Kier alpha value is -2.78. The number of thiazole rings is 1. The van der Waals surface area contributed by atoms with E-state index in [4.69, 9.17) is 46.7 Å². The van der Waals surface area contributed by atoms with E-state index in [-0.39, 0.29) is 30.5 Å². The summed E-state index contributed by atoms with van der Waals surface area (Å²) in [7, 11) is -3.64. The highest BCUT2D eigenvalue weighted by Gasteiger charge is 2.50. The first-order chi connectivity index (χ1) is 21.7. The summed E-state index contributed by atoms with van der Waals surface area (Å²) >= 11 is 14.3. The SMILES string of the molecule is O=C(NS(=O)(=O)C1CC1)c1ccc2nc(O[C@@H]3CO[C@H]4[C@@H]3OC[C@H]4OCc3c(-c4c(Cl)cccc4Cl)noc3C3CC3)sc2c1. The molecule has 2 aliphatic carbocycles. The van der Waals surface area contributed by atoms with E-state index in [1.807, 2.05) is 0 Å². The lowest BCUT2D eigenvalue weighted by molar-refractivity contribution is -0.0428. The normalized spacial score (nSPS) is 24.7. The largest absolute Gasteiger partial charge is 0.461 e. The van der Waals surface area contributed by atoms with Crippen molar-refractivity contribution in [3.63, 3.8) is 0 Å². The van der Waals surface area contributed by atoms with Gasteiger partial charge in [-0.2, -0.15) is 0 Å². The van der Waals surface area contributed by atoms with Gasteiger partial charge in [0.15, 0.2) is 6.10 Å². The molecule has 0 spiro atoms. The van der Waals surface area contributed by atoms with E-state index in [0.29, 0.717) is 68.7 Å². The van der Waals surface area contributed by atoms with E-state index in [0.717, 1.165) is 24.2 Å². The van der Waals surface area contributed by atoms with Gasteiger partial charge >= 0.3 is 0 Å². The molecule has 0 radical (unpaired) electrons. The number of fused-ring (bicyclic) bond motifs is 2. The van der Waals surface area contributed by atoms with Crippen molar-refractivity contribution in [2.75, 3.05) is 13.2 Å². The first kappa shape index (κ1) is 29.6. The molecule has 4 fully saturated rings. The van der Waals surface area contributed by atoms with Crippen molar-refractivity contribution in [2.45, 2.75) is 67.9 Å². The molecular formula is C30H27Cl2N3O8S2. The second kappa shape index (κ2) is 11.5. The molecule has 8 rings (SSSR count). The topological polar surface area (TPSA) is 139 Å². The zero-order valence-electron chi connectivity index (χ0n) is 23.6. The number of carbonyl (C=O) groups is 1. The van der Waals surface area contributed by atoms with Crippen LogP contribution in [0.5, 0.6) is 5.19 Å². The molecule has 4 atom stereocenters. The number of carbonyl (C=O) groups excluding carboxylic acids is 1. The summed E-state index contributed by atoms with van der Waals surface area (Å²) in [6.45, 7) is 0.844. The average molecular weight is 693 g/mol. The number of aromatic nitrogens is 2. The lowest BCUT2D eigenvalue weighted by Crippen LogP contribution is -2.35. The second-order valence-corrected chi connectivity index (χ2v) is 15.5. The van der Waals surface area contributed by atoms with Crippen LogP contribution in [0, 0.1) is 0 Å². The number of hydrogen-bond donors (Lipinski definition) is 1. The summed E-state index contributed by atoms with van der Waals surface area (Å²) in [6.07, 6.45) is 1.74. The van der Waals surface area contributed by atoms with Crippen LogP contribution in [0.1, 0.15) is 53.3 Å². The summed E-state index contributed by atoms with van der Waals surface area (Å²) < 4.78 is 57.8. The number of nitrogens with one attached hydrogen (secondary N) is 1. The fraction of sp³-hybridized carbons (Fsp3) is 0.433. The predicted molar refractivity (Wildman–Crippen MR) is 165 cm³/mol. The Kier molecular flexibility index (Phi) is 7.55. The number of rotatable bonds is 10. The number of amides is 1. The molecule has 1 amide bonds. The lowest BCUT2D eigenvalue weighted by Gasteiger charge is -2.17. The molecule has 2 aromatic heterocycles. The van der Waals surface area contributed by atoms with Gasteiger partial charge in [-0.3, -0.25) is 4.79 Å². The molecule has 4 aliphatic rings. The molecule has 11 nitrogen and oxygen atoms in total. The number of nitrogens with zero attached hydrogens (tertiary/aromatic N) is 2. The van der Waals surface area contributed by atoms with Crippen LogP contribution in [-0.4, -0.2) is 67.3 Å². The van der Waals surface area contributed by atoms with Gasteiger partial charge in [-0.1, -0.05) is 45.8 Å². The van der Waals surface area contributed by atoms with Gasteiger partial charge in [-0.25, -0.2) is 18.1 Å². The third-order valence-corrected chi connectivity index (χ3v) is 11.8. The van der Waals surface area contributed by atoms with E-state index in [1.165, 1.54) is 11.3 Å². The maximum atomic E-state index is 12.6. The average Bonchev–Trinajstić information content (AvgIpc) is 3.89. The zero-order chi connectivity index (χ0) is 30.9. The van der Waals surface area contributed by atoms with Crippen LogP contribution in [0.4, 0.5) is 0 Å². The van der Waals surface area contributed by atoms with Gasteiger partial charge in [0, 0.05) is 22.6 Å². The predicted octanol–water partition coefficient (Wildman–Crippen LogP) is 5.49. The number of sulfonamides is 1. The highest BCUT2D eigenvalue weighted by Crippen LogP contribution is 2.46. The third kappa shape index (κ3) is 5.73. The zero-order valence-corrected chi connectivity index (χ0v) is 26.8. The molecule has 2 aliphatic heterocycles. The van der Waals surface area contributed by atoms with Gasteiger partial charge < -0.3 is 23.5 Å². The molecule has 4 aromatic rings. The first-order valence-corrected chi connectivity index (χ1v) is 17.8. The Morgan fingerprint density at radius 3 is 2.49 bits per heavy atom. The fourth-order valence-electron chi connectivity index (χ4n) is 5.79. The molecule has 0 bridgehead atoms. The fourth-order valence-corrected chi connectivity index (χ4v) is 8.57. The lowest BCUT2D eigenvalue weighted by atomic mass is 10.0. The van der Waals surface area contributed by atoms with Crippen LogP contribution in [-0.2, 0) is 30.8 Å². The van der Waals surface area contributed by atoms with Crippen molar-refractivity contribution in [3.8, 4) is 16.5 Å². The van der Waals surface area contributed by atoms with Crippen molar-refractivity contribution in [3.05, 3.63) is 63.3 Å². The van der Waals surface area contributed by atoms with Gasteiger partial charge in [0.05, 0.1) is 45.3 Å². The summed E-state index contributed by atoms with van der Waals surface area (Å²) in [5, 5.41) is 5.22. The number of ether oxygens (including phenoxy) is 4. The van der Waals surface area contributed by atoms with Gasteiger partial charge in [-0.15, -0.1) is 0 Å². The molecule has 236 valence electrons. The standard InChI is InChI=1S/C30H27Cl2N3O8S2/c31-18-2-1-3-19(32)24(18)25-17(26(43-34-25)14-4-5-14)11-39-21-12-40-28-22(13-41-27(21)28)42-30-33-20-9-6-15(10-23(20)44-30)29(36)35-45(37,38)16-7-8-16/h1-3,6,9-10,14,16,21-22,27-28H,4-5,7-8,11-13H2,(H,35,36)/t21-,22-,27-,28-/m1/s1. The Bertz CT molecular complexity index is 1890. The van der Waals surface area contributed by atoms with E-state index < -0.39 is 27.3 Å². The summed E-state index contributed by atoms with van der Waals surface area (Å²) in [4.78, 5) is 17.1. The first-order valence-electron chi connectivity index (χ1n) is 14.7. The van der Waals surface area contributed by atoms with Gasteiger partial charge in [-0.05, 0) is 56.0 Å². The number of hydrogen-bond acceptors (Lipinski definition) is 11. The summed E-state index contributed by atoms with van der Waals surface area (Å²) in [5.74, 6) is 0.440. The van der Waals surface area contributed by atoms with Crippen LogP contribution in [0.2, 0.25) is 10.0 Å². The Labute approximate surface area is 272 Å². The minimum atomic E-state index is -3.64. The van der Waals surface area contributed by atoms with E-state index >= 15 is 0 Å². The Balaban J connectivity index is 0.935. The van der Waals surface area contributed by atoms with Crippen LogP contribution in [0.25, 0.3) is 21.5 Å². The maximum absolute atomic E-state index is 12.6.